The third kappa shape index (κ3) is 7.97. The number of ether oxygens (including phenoxy) is 2. The van der Waals surface area contributed by atoms with Crippen LogP contribution in [0.1, 0.15) is 75.3 Å². The molecule has 2 aliphatic rings. The molecule has 0 atom stereocenters. The van der Waals surface area contributed by atoms with Crippen LogP contribution in [-0.2, 0) is 15.9 Å². The predicted octanol–water partition coefficient (Wildman–Crippen LogP) is 7.37. The van der Waals surface area contributed by atoms with E-state index in [0.29, 0.717) is 10.3 Å². The summed E-state index contributed by atoms with van der Waals surface area (Å²) in [6.07, 6.45) is 13.4. The van der Waals surface area contributed by atoms with Crippen LogP contribution >= 0.6 is 24.4 Å². The molecule has 2 aromatic rings. The largest absolute Gasteiger partial charge is 0.468 e. The van der Waals surface area contributed by atoms with E-state index in [-0.39, 0.29) is 12.2 Å². The Labute approximate surface area is 208 Å². The second-order valence-corrected chi connectivity index (χ2v) is 9.89. The van der Waals surface area contributed by atoms with Crippen molar-refractivity contribution in [1.82, 2.24) is 0 Å². The van der Waals surface area contributed by atoms with E-state index in [1.54, 1.807) is 0 Å². The van der Waals surface area contributed by atoms with Gasteiger partial charge in [0, 0.05) is 11.4 Å². The van der Waals surface area contributed by atoms with Gasteiger partial charge < -0.3 is 20.1 Å². The zero-order valence-corrected chi connectivity index (χ0v) is 20.8. The SMILES string of the molecule is S=C(Nc1ccc(Cc2ccc(NC(=S)OC3CCCCC3)cc2)cc1)OC1CCCCC1. The van der Waals surface area contributed by atoms with Gasteiger partial charge in [-0.25, -0.2) is 0 Å². The van der Waals surface area contributed by atoms with E-state index in [1.807, 2.05) is 0 Å². The summed E-state index contributed by atoms with van der Waals surface area (Å²) in [5.41, 5.74) is 4.42. The van der Waals surface area contributed by atoms with E-state index < -0.39 is 0 Å². The van der Waals surface area contributed by atoms with Crippen LogP contribution in [0.15, 0.2) is 48.5 Å². The average molecular weight is 483 g/mol. The average Bonchev–Trinajstić information content (AvgIpc) is 2.83. The smallest absolute Gasteiger partial charge is 0.261 e. The fourth-order valence-corrected chi connectivity index (χ4v) is 5.12. The first-order valence-electron chi connectivity index (χ1n) is 12.3. The summed E-state index contributed by atoms with van der Waals surface area (Å²) in [6, 6.07) is 16.8. The number of anilines is 2. The number of thiocarbonyl (C=S) groups is 2. The van der Waals surface area contributed by atoms with Gasteiger partial charge in [-0.05, 0) is 118 Å². The molecule has 2 fully saturated rings. The molecular formula is C27H34N2O2S2. The summed E-state index contributed by atoms with van der Waals surface area (Å²) < 4.78 is 11.8. The van der Waals surface area contributed by atoms with E-state index in [2.05, 4.69) is 59.2 Å². The molecular weight excluding hydrogens is 448 g/mol. The Morgan fingerprint density at radius 3 is 1.33 bits per heavy atom. The van der Waals surface area contributed by atoms with Crippen molar-refractivity contribution in [3.05, 3.63) is 59.7 Å². The summed E-state index contributed by atoms with van der Waals surface area (Å²) in [7, 11) is 0. The molecule has 33 heavy (non-hydrogen) atoms. The second-order valence-electron chi connectivity index (χ2n) is 9.15. The summed E-state index contributed by atoms with van der Waals surface area (Å²) >= 11 is 10.8. The van der Waals surface area contributed by atoms with Gasteiger partial charge in [0.25, 0.3) is 10.3 Å². The first-order valence-corrected chi connectivity index (χ1v) is 13.1. The van der Waals surface area contributed by atoms with Crippen molar-refractivity contribution in [3.63, 3.8) is 0 Å². The van der Waals surface area contributed by atoms with E-state index in [4.69, 9.17) is 33.9 Å². The molecule has 4 rings (SSSR count). The van der Waals surface area contributed by atoms with Crippen molar-refractivity contribution in [2.45, 2.75) is 82.8 Å². The maximum atomic E-state index is 5.90. The number of hydrogen-bond acceptors (Lipinski definition) is 4. The fourth-order valence-electron chi connectivity index (χ4n) is 4.61. The van der Waals surface area contributed by atoms with Crippen molar-refractivity contribution in [2.24, 2.45) is 0 Å². The predicted molar refractivity (Wildman–Crippen MR) is 144 cm³/mol. The lowest BCUT2D eigenvalue weighted by atomic mass is 9.98. The Bertz CT molecular complexity index is 827. The van der Waals surface area contributed by atoms with Gasteiger partial charge in [0.2, 0.25) is 0 Å². The minimum Gasteiger partial charge on any atom is -0.468 e. The normalized spacial score (nSPS) is 17.2. The van der Waals surface area contributed by atoms with Crippen LogP contribution in [0.2, 0.25) is 0 Å². The van der Waals surface area contributed by atoms with Crippen LogP contribution in [0.4, 0.5) is 11.4 Å². The van der Waals surface area contributed by atoms with E-state index in [1.165, 1.54) is 49.7 Å². The third-order valence-electron chi connectivity index (χ3n) is 6.46. The van der Waals surface area contributed by atoms with Crippen LogP contribution in [0.5, 0.6) is 0 Å². The van der Waals surface area contributed by atoms with E-state index >= 15 is 0 Å². The molecule has 6 heteroatoms. The lowest BCUT2D eigenvalue weighted by Gasteiger charge is -2.23. The Balaban J connectivity index is 1.22. The van der Waals surface area contributed by atoms with Gasteiger partial charge in [-0.15, -0.1) is 0 Å². The molecule has 176 valence electrons. The first-order chi connectivity index (χ1) is 16.1. The minimum atomic E-state index is 0.267. The van der Waals surface area contributed by atoms with Gasteiger partial charge in [-0.1, -0.05) is 37.1 Å². The standard InChI is InChI=1S/C27H34N2O2S2/c32-26(30-24-7-3-1-4-8-24)28-22-15-11-20(12-16-22)19-21-13-17-23(18-14-21)29-27(33)31-25-9-5-2-6-10-25/h11-18,24-25H,1-10,19H2,(H,28,32)(H,29,33). The molecule has 2 saturated carbocycles. The summed E-state index contributed by atoms with van der Waals surface area (Å²) in [6.45, 7) is 0. The van der Waals surface area contributed by atoms with Crippen LogP contribution in [0, 0.1) is 0 Å². The van der Waals surface area contributed by atoms with Crippen molar-refractivity contribution >= 4 is 46.2 Å². The highest BCUT2D eigenvalue weighted by Gasteiger charge is 2.17. The second kappa shape index (κ2) is 12.3. The summed E-state index contributed by atoms with van der Waals surface area (Å²) in [5, 5.41) is 7.37. The Morgan fingerprint density at radius 2 is 0.970 bits per heavy atom. The highest BCUT2D eigenvalue weighted by molar-refractivity contribution is 7.80. The third-order valence-corrected chi connectivity index (χ3v) is 6.86. The van der Waals surface area contributed by atoms with Crippen molar-refractivity contribution in [2.75, 3.05) is 10.6 Å². The summed E-state index contributed by atoms with van der Waals surface area (Å²) in [4.78, 5) is 0. The maximum absolute atomic E-state index is 5.90. The van der Waals surface area contributed by atoms with Crippen LogP contribution in [0.3, 0.4) is 0 Å². The molecule has 0 radical (unpaired) electrons. The quantitative estimate of drug-likeness (QED) is 0.419. The van der Waals surface area contributed by atoms with Crippen molar-refractivity contribution < 1.29 is 9.47 Å². The molecule has 0 spiro atoms. The molecule has 0 saturated heterocycles. The molecule has 0 unspecified atom stereocenters. The van der Waals surface area contributed by atoms with Crippen LogP contribution < -0.4 is 10.6 Å². The molecule has 0 aromatic heterocycles. The van der Waals surface area contributed by atoms with Gasteiger partial charge in [0.15, 0.2) is 0 Å². The number of hydrogen-bond donors (Lipinski definition) is 2. The Morgan fingerprint density at radius 1 is 0.606 bits per heavy atom. The molecule has 0 amide bonds. The molecule has 2 aromatic carbocycles. The monoisotopic (exact) mass is 482 g/mol. The molecule has 0 aliphatic heterocycles. The highest BCUT2D eigenvalue weighted by atomic mass is 32.1. The van der Waals surface area contributed by atoms with Crippen LogP contribution in [0.25, 0.3) is 0 Å². The van der Waals surface area contributed by atoms with Gasteiger partial charge in [-0.2, -0.15) is 0 Å². The lowest BCUT2D eigenvalue weighted by molar-refractivity contribution is 0.147. The van der Waals surface area contributed by atoms with Gasteiger partial charge in [0.1, 0.15) is 12.2 Å². The highest BCUT2D eigenvalue weighted by Crippen LogP contribution is 2.23. The van der Waals surface area contributed by atoms with Gasteiger partial charge >= 0.3 is 0 Å². The van der Waals surface area contributed by atoms with Gasteiger partial charge in [0.05, 0.1) is 0 Å². The number of rotatable bonds is 6. The maximum Gasteiger partial charge on any atom is 0.261 e. The van der Waals surface area contributed by atoms with Gasteiger partial charge in [-0.3, -0.25) is 0 Å². The van der Waals surface area contributed by atoms with Crippen LogP contribution in [-0.4, -0.2) is 22.6 Å². The van der Waals surface area contributed by atoms with Crippen molar-refractivity contribution in [1.29, 1.82) is 0 Å². The molecule has 2 N–H and O–H groups in total. The van der Waals surface area contributed by atoms with Crippen molar-refractivity contribution in [3.8, 4) is 0 Å². The minimum absolute atomic E-state index is 0.267. The molecule has 0 heterocycles. The molecule has 0 bridgehead atoms. The molecule has 4 nitrogen and oxygen atoms in total. The topological polar surface area (TPSA) is 42.5 Å². The lowest BCUT2D eigenvalue weighted by Crippen LogP contribution is -2.24. The molecule has 2 aliphatic carbocycles. The van der Waals surface area contributed by atoms with E-state index in [0.717, 1.165) is 43.5 Å². The fraction of sp³-hybridized carbons (Fsp3) is 0.481. The zero-order valence-electron chi connectivity index (χ0n) is 19.2. The first kappa shape index (κ1) is 24.0. The Hall–Kier alpha value is -2.18. The summed E-state index contributed by atoms with van der Waals surface area (Å²) in [5.74, 6) is 0. The number of benzene rings is 2. The Kier molecular flexibility index (Phi) is 8.95. The van der Waals surface area contributed by atoms with E-state index in [9.17, 15) is 0 Å². The number of nitrogens with one attached hydrogen (secondary N) is 2. The zero-order chi connectivity index (χ0) is 22.9.